The van der Waals surface area contributed by atoms with Crippen LogP contribution in [0.4, 0.5) is 15.9 Å². The number of hydrogen-bond donors (Lipinski definition) is 2. The molecule has 38 heavy (non-hydrogen) atoms. The van der Waals surface area contributed by atoms with Crippen LogP contribution in [0.1, 0.15) is 0 Å². The number of halogens is 2. The van der Waals surface area contributed by atoms with Crippen LogP contribution in [0.2, 0.25) is 5.02 Å². The van der Waals surface area contributed by atoms with Gasteiger partial charge in [-0.15, -0.1) is 0 Å². The Balaban J connectivity index is 0.00000127. The van der Waals surface area contributed by atoms with E-state index in [-0.39, 0.29) is 10.8 Å². The Morgan fingerprint density at radius 1 is 1.05 bits per heavy atom. The molecular formula is C28H33ClFN5O3. The molecule has 1 amide bonds. The molecule has 3 aromatic rings. The lowest BCUT2D eigenvalue weighted by molar-refractivity contribution is -0.106. The van der Waals surface area contributed by atoms with E-state index in [0.717, 1.165) is 32.0 Å². The highest BCUT2D eigenvalue weighted by Gasteiger charge is 2.18. The van der Waals surface area contributed by atoms with Crippen LogP contribution in [0.3, 0.4) is 0 Å². The summed E-state index contributed by atoms with van der Waals surface area (Å²) >= 11 is 6.48. The predicted molar refractivity (Wildman–Crippen MR) is 151 cm³/mol. The van der Waals surface area contributed by atoms with Gasteiger partial charge >= 0.3 is 0 Å². The van der Waals surface area contributed by atoms with Crippen molar-refractivity contribution in [3.8, 4) is 28.0 Å². The number of phenolic OH excluding ortho intramolecular Hbond substituents is 1. The molecule has 0 unspecified atom stereocenters. The Hall–Kier alpha value is -3.66. The fraction of sp³-hybridized carbons (Fsp3) is 0.286. The van der Waals surface area contributed by atoms with Crippen LogP contribution >= 0.6 is 11.6 Å². The van der Waals surface area contributed by atoms with Gasteiger partial charge in [0.1, 0.15) is 17.4 Å². The SMILES string of the molecule is CN(C)/C=C\N(C=O)c1ccc(-c2cc(F)cc(-c3ccnc(N4CCNCC4)c3)c2O)cc1Cl.COC. The average molecular weight is 542 g/mol. The number of aromatic hydroxyl groups is 1. The monoisotopic (exact) mass is 541 g/mol. The first-order chi connectivity index (χ1) is 18.3. The molecule has 202 valence electrons. The second-order valence-corrected chi connectivity index (χ2v) is 9.25. The fourth-order valence-electron chi connectivity index (χ4n) is 3.95. The lowest BCUT2D eigenvalue weighted by atomic mass is 9.97. The van der Waals surface area contributed by atoms with Gasteiger partial charge in [0.05, 0.1) is 10.7 Å². The maximum Gasteiger partial charge on any atom is 0.218 e. The summed E-state index contributed by atoms with van der Waals surface area (Å²) in [5.41, 5.74) is 2.32. The van der Waals surface area contributed by atoms with Crippen molar-refractivity contribution < 1.29 is 19.0 Å². The molecule has 0 atom stereocenters. The minimum absolute atomic E-state index is 0.0626. The maximum atomic E-state index is 14.7. The number of amides is 1. The van der Waals surface area contributed by atoms with E-state index in [1.54, 1.807) is 62.0 Å². The number of carbonyl (C=O) groups excluding carboxylic acids is 1. The molecule has 0 saturated carbocycles. The van der Waals surface area contributed by atoms with Crippen molar-refractivity contribution in [2.75, 3.05) is 64.3 Å². The number of hydrogen-bond acceptors (Lipinski definition) is 7. The zero-order valence-corrected chi connectivity index (χ0v) is 22.7. The van der Waals surface area contributed by atoms with Gasteiger partial charge in [-0.1, -0.05) is 17.7 Å². The molecule has 10 heteroatoms. The first-order valence-electron chi connectivity index (χ1n) is 12.0. The summed E-state index contributed by atoms with van der Waals surface area (Å²) in [6.07, 6.45) is 5.62. The molecule has 0 spiro atoms. The number of methoxy groups -OCH3 is 1. The van der Waals surface area contributed by atoms with Crippen LogP contribution in [0.5, 0.6) is 5.75 Å². The summed E-state index contributed by atoms with van der Waals surface area (Å²) in [6.45, 7) is 3.38. The maximum absolute atomic E-state index is 14.7. The zero-order valence-electron chi connectivity index (χ0n) is 22.0. The van der Waals surface area contributed by atoms with E-state index < -0.39 is 5.82 Å². The van der Waals surface area contributed by atoms with Crippen LogP contribution in [0, 0.1) is 5.82 Å². The predicted octanol–water partition coefficient (Wildman–Crippen LogP) is 4.58. The van der Waals surface area contributed by atoms with Crippen LogP contribution in [-0.4, -0.2) is 75.9 Å². The Bertz CT molecular complexity index is 1270. The van der Waals surface area contributed by atoms with Crippen LogP contribution < -0.4 is 15.1 Å². The van der Waals surface area contributed by atoms with Crippen molar-refractivity contribution in [3.63, 3.8) is 0 Å². The largest absolute Gasteiger partial charge is 0.507 e. The van der Waals surface area contributed by atoms with Gasteiger partial charge in [-0.05, 0) is 47.5 Å². The first kappa shape index (κ1) is 28.9. The van der Waals surface area contributed by atoms with Crippen molar-refractivity contribution in [2.45, 2.75) is 0 Å². The van der Waals surface area contributed by atoms with Crippen LogP contribution in [0.25, 0.3) is 22.3 Å². The number of ether oxygens (including phenoxy) is 1. The molecular weight excluding hydrogens is 509 g/mol. The number of rotatable bonds is 7. The standard InChI is InChI=1S/C26H27ClFN5O2.C2H6O/c1-31(2)11-12-33(17-34)24-4-3-18(13-23(24)27)21-15-20(28)16-22(26(21)35)19-5-6-30-25(14-19)32-9-7-29-8-10-32;1-3-2/h3-6,11-17,29,35H,7-10H2,1-2H3;1-2H3/b12-11-;. The summed E-state index contributed by atoms with van der Waals surface area (Å²) in [5.74, 6) is 0.228. The van der Waals surface area contributed by atoms with Gasteiger partial charge < -0.3 is 25.0 Å². The molecule has 2 aromatic carbocycles. The number of benzene rings is 2. The summed E-state index contributed by atoms with van der Waals surface area (Å²) in [7, 11) is 6.92. The highest BCUT2D eigenvalue weighted by Crippen LogP contribution is 2.41. The molecule has 1 aliphatic rings. The van der Waals surface area contributed by atoms with E-state index in [4.69, 9.17) is 11.6 Å². The highest BCUT2D eigenvalue weighted by molar-refractivity contribution is 6.34. The van der Waals surface area contributed by atoms with E-state index in [1.807, 2.05) is 20.2 Å². The number of piperazine rings is 1. The van der Waals surface area contributed by atoms with E-state index in [2.05, 4.69) is 19.9 Å². The third kappa shape index (κ3) is 7.22. The highest BCUT2D eigenvalue weighted by atomic mass is 35.5. The van der Waals surface area contributed by atoms with Crippen molar-refractivity contribution in [1.29, 1.82) is 0 Å². The molecule has 2 N–H and O–H groups in total. The smallest absolute Gasteiger partial charge is 0.218 e. The van der Waals surface area contributed by atoms with Crippen molar-refractivity contribution in [1.82, 2.24) is 15.2 Å². The van der Waals surface area contributed by atoms with Gasteiger partial charge in [0.2, 0.25) is 6.41 Å². The summed E-state index contributed by atoms with van der Waals surface area (Å²) < 4.78 is 19.0. The molecule has 1 fully saturated rings. The molecule has 0 radical (unpaired) electrons. The van der Waals surface area contributed by atoms with E-state index in [0.29, 0.717) is 34.4 Å². The molecule has 1 aliphatic heterocycles. The Labute approximate surface area is 227 Å². The van der Waals surface area contributed by atoms with Crippen molar-refractivity contribution in [2.24, 2.45) is 0 Å². The van der Waals surface area contributed by atoms with Crippen molar-refractivity contribution >= 4 is 29.5 Å². The number of nitrogens with one attached hydrogen (secondary N) is 1. The topological polar surface area (TPSA) is 81.2 Å². The third-order valence-electron chi connectivity index (χ3n) is 5.75. The first-order valence-corrected chi connectivity index (χ1v) is 12.4. The van der Waals surface area contributed by atoms with Crippen LogP contribution in [-0.2, 0) is 9.53 Å². The van der Waals surface area contributed by atoms with Gasteiger partial charge in [-0.25, -0.2) is 9.37 Å². The van der Waals surface area contributed by atoms with Gasteiger partial charge in [0.15, 0.2) is 0 Å². The second kappa shape index (κ2) is 13.8. The second-order valence-electron chi connectivity index (χ2n) is 8.84. The van der Waals surface area contributed by atoms with Crippen molar-refractivity contribution in [3.05, 3.63) is 71.9 Å². The lowest BCUT2D eigenvalue weighted by Crippen LogP contribution is -2.43. The summed E-state index contributed by atoms with van der Waals surface area (Å²) in [5, 5.41) is 14.7. The molecule has 0 bridgehead atoms. The number of pyridine rings is 1. The molecule has 0 aliphatic carbocycles. The summed E-state index contributed by atoms with van der Waals surface area (Å²) in [4.78, 5) is 21.3. The Morgan fingerprint density at radius 3 is 2.26 bits per heavy atom. The quantitative estimate of drug-likeness (QED) is 0.424. The number of phenols is 1. The molecule has 2 heterocycles. The number of aromatic nitrogens is 1. The Morgan fingerprint density at radius 2 is 1.68 bits per heavy atom. The van der Waals surface area contributed by atoms with Gasteiger partial charge in [-0.3, -0.25) is 9.69 Å². The minimum atomic E-state index is -0.489. The molecule has 4 rings (SSSR count). The normalized spacial score (nSPS) is 13.2. The van der Waals surface area contributed by atoms with Gasteiger partial charge in [0.25, 0.3) is 0 Å². The average Bonchev–Trinajstić information content (AvgIpc) is 2.91. The Kier molecular flexibility index (Phi) is 10.5. The zero-order chi connectivity index (χ0) is 27.7. The number of carbonyl (C=O) groups is 1. The molecule has 1 aromatic heterocycles. The summed E-state index contributed by atoms with van der Waals surface area (Å²) in [6, 6.07) is 11.1. The fourth-order valence-corrected chi connectivity index (χ4v) is 4.23. The van der Waals surface area contributed by atoms with Gasteiger partial charge in [-0.2, -0.15) is 0 Å². The van der Waals surface area contributed by atoms with Gasteiger partial charge in [0, 0.05) is 84.2 Å². The lowest BCUT2D eigenvalue weighted by Gasteiger charge is -2.28. The number of nitrogens with zero attached hydrogens (tertiary/aromatic N) is 4. The number of anilines is 2. The van der Waals surface area contributed by atoms with E-state index in [1.165, 1.54) is 17.0 Å². The van der Waals surface area contributed by atoms with Crippen LogP contribution in [0.15, 0.2) is 61.1 Å². The third-order valence-corrected chi connectivity index (χ3v) is 6.05. The van der Waals surface area contributed by atoms with E-state index >= 15 is 0 Å². The van der Waals surface area contributed by atoms with E-state index in [9.17, 15) is 14.3 Å². The molecule has 1 saturated heterocycles. The minimum Gasteiger partial charge on any atom is -0.507 e. The molecule has 8 nitrogen and oxygen atoms in total.